The molecular weight excluding hydrogens is 432 g/mol. The Hall–Kier alpha value is -2.27. The molecule has 1 aliphatic carbocycles. The molecule has 0 spiro atoms. The van der Waals surface area contributed by atoms with Crippen molar-refractivity contribution in [2.24, 2.45) is 21.8 Å². The van der Waals surface area contributed by atoms with Gasteiger partial charge in [-0.1, -0.05) is 39.5 Å². The molecule has 0 amide bonds. The third kappa shape index (κ3) is 6.91. The lowest BCUT2D eigenvalue weighted by molar-refractivity contribution is 0.141. The molecule has 5 rings (SSSR count). The van der Waals surface area contributed by atoms with Crippen LogP contribution in [-0.2, 0) is 11.2 Å². The lowest BCUT2D eigenvalue weighted by atomic mass is 9.84. The first-order valence-electron chi connectivity index (χ1n) is 13.6. The molecule has 0 radical (unpaired) electrons. The van der Waals surface area contributed by atoms with E-state index in [9.17, 15) is 0 Å². The van der Waals surface area contributed by atoms with E-state index in [4.69, 9.17) is 19.7 Å². The van der Waals surface area contributed by atoms with E-state index in [0.717, 1.165) is 74.9 Å². The zero-order valence-electron chi connectivity index (χ0n) is 20.8. The van der Waals surface area contributed by atoms with Crippen LogP contribution in [0.3, 0.4) is 0 Å². The number of hydrogen-bond acceptors (Lipinski definition) is 5. The first kappa shape index (κ1) is 25.8. The average Bonchev–Trinajstić information content (AvgIpc) is 3.21. The second kappa shape index (κ2) is 12.6. The minimum absolute atomic E-state index is 0. The van der Waals surface area contributed by atoms with Crippen LogP contribution < -0.4 is 5.32 Å². The Labute approximate surface area is 215 Å². The number of aryl methyl sites for hydroxylation is 1. The van der Waals surface area contributed by atoms with Gasteiger partial charge in [0.25, 0.3) is 0 Å². The van der Waals surface area contributed by atoms with Crippen molar-refractivity contribution in [3.05, 3.63) is 46.7 Å². The zero-order valence-corrected chi connectivity index (χ0v) is 20.8. The van der Waals surface area contributed by atoms with Crippen molar-refractivity contribution in [1.82, 2.24) is 4.98 Å². The maximum absolute atomic E-state index is 5.63. The molecule has 1 N–H and O–H groups in total. The van der Waals surface area contributed by atoms with Crippen molar-refractivity contribution < 1.29 is 7.59 Å². The number of anilines is 1. The first-order chi connectivity index (χ1) is 16.7. The van der Waals surface area contributed by atoms with E-state index in [2.05, 4.69) is 36.7 Å². The van der Waals surface area contributed by atoms with Gasteiger partial charge in [-0.15, -0.1) is 0 Å². The number of nitrogens with zero attached hydrogens (tertiary/aromatic N) is 3. The fourth-order valence-electron chi connectivity index (χ4n) is 5.90. The quantitative estimate of drug-likeness (QED) is 0.448. The summed E-state index contributed by atoms with van der Waals surface area (Å²) < 4.78 is 5.63. The molecule has 1 saturated heterocycles. The lowest BCUT2D eigenvalue weighted by Crippen LogP contribution is -2.16. The number of pyridine rings is 1. The van der Waals surface area contributed by atoms with Crippen molar-refractivity contribution in [2.45, 2.75) is 97.8 Å². The molecule has 5 heteroatoms. The van der Waals surface area contributed by atoms with Crippen LogP contribution in [0.5, 0.6) is 0 Å². The lowest BCUT2D eigenvalue weighted by Gasteiger charge is -2.23. The summed E-state index contributed by atoms with van der Waals surface area (Å²) in [6.07, 6.45) is 19.8. The number of allylic oxidation sites excluding steroid dienone is 3. The number of nitrogens with one attached hydrogen (secondary N) is 1. The number of ether oxygens (including phenoxy) is 1. The summed E-state index contributed by atoms with van der Waals surface area (Å²) in [5, 5.41) is 3.62. The van der Waals surface area contributed by atoms with Crippen LogP contribution >= 0.6 is 0 Å². The highest BCUT2D eigenvalue weighted by atomic mass is 16.5. The Morgan fingerprint density at radius 3 is 2.69 bits per heavy atom. The molecule has 1 aromatic rings. The summed E-state index contributed by atoms with van der Waals surface area (Å²) in [5.74, 6) is 2.38. The maximum atomic E-state index is 5.63. The molecule has 1 aromatic heterocycles. The Morgan fingerprint density at radius 1 is 1.00 bits per heavy atom. The monoisotopic (exact) mass is 480 g/mol. The van der Waals surface area contributed by atoms with Gasteiger partial charge in [0.05, 0.1) is 22.8 Å². The summed E-state index contributed by atoms with van der Waals surface area (Å²) in [4.78, 5) is 15.0. The van der Waals surface area contributed by atoms with Gasteiger partial charge in [0, 0.05) is 28.0 Å². The standard InChI is InChI=1S/C29H40N4O.CH4.2H2/c1-21-26(13-12-25(31-21)19-23-9-6-17-34-18-15-23)32-28-14-11-24-10-5-16-30-29(24)27(33-28)20-22-7-3-2-4-8-22;;;/h12-14,16,22-23,32H,2-11,15,17-20H2,1H3;1H4;2*1H. The summed E-state index contributed by atoms with van der Waals surface area (Å²) in [5.41, 5.74) is 7.11. The molecule has 35 heavy (non-hydrogen) atoms. The largest absolute Gasteiger partial charge is 0.381 e. The van der Waals surface area contributed by atoms with Crippen LogP contribution in [0, 0.1) is 18.8 Å². The molecule has 4 heterocycles. The van der Waals surface area contributed by atoms with Crippen molar-refractivity contribution in [1.29, 1.82) is 0 Å². The SMILES string of the molecule is C.Cc1nc(CC2CCCOCC2)ccc1NC1=CCC2=C(N=CCC2)C(CC2CCCCC2)=N1.[HH].[HH]. The van der Waals surface area contributed by atoms with Crippen molar-refractivity contribution in [3.63, 3.8) is 0 Å². The van der Waals surface area contributed by atoms with Gasteiger partial charge in [-0.05, 0) is 93.9 Å². The minimum Gasteiger partial charge on any atom is -0.381 e. The van der Waals surface area contributed by atoms with Crippen molar-refractivity contribution in [3.8, 4) is 0 Å². The Bertz CT molecular complexity index is 987. The third-order valence-corrected chi connectivity index (χ3v) is 7.88. The smallest absolute Gasteiger partial charge is 0.127 e. The minimum atomic E-state index is 0. The van der Waals surface area contributed by atoms with Crippen molar-refractivity contribution in [2.75, 3.05) is 18.5 Å². The van der Waals surface area contributed by atoms with E-state index in [0.29, 0.717) is 5.92 Å². The molecule has 194 valence electrons. The van der Waals surface area contributed by atoms with Gasteiger partial charge in [-0.25, -0.2) is 4.99 Å². The van der Waals surface area contributed by atoms with E-state index < -0.39 is 0 Å². The predicted octanol–water partition coefficient (Wildman–Crippen LogP) is 8.06. The van der Waals surface area contributed by atoms with Crippen LogP contribution in [0.2, 0.25) is 0 Å². The zero-order chi connectivity index (χ0) is 23.2. The molecule has 0 aromatic carbocycles. The molecule has 0 bridgehead atoms. The Morgan fingerprint density at radius 2 is 1.83 bits per heavy atom. The molecule has 4 aliphatic rings. The van der Waals surface area contributed by atoms with E-state index >= 15 is 0 Å². The predicted molar refractivity (Wildman–Crippen MR) is 151 cm³/mol. The van der Waals surface area contributed by atoms with Gasteiger partial charge in [0.2, 0.25) is 0 Å². The summed E-state index contributed by atoms with van der Waals surface area (Å²) >= 11 is 0. The fourth-order valence-corrected chi connectivity index (χ4v) is 5.90. The van der Waals surface area contributed by atoms with Gasteiger partial charge >= 0.3 is 0 Å². The maximum Gasteiger partial charge on any atom is 0.127 e. The van der Waals surface area contributed by atoms with Crippen molar-refractivity contribution >= 4 is 17.6 Å². The fraction of sp³-hybridized carbons (Fsp3) is 0.633. The van der Waals surface area contributed by atoms with Crippen LogP contribution in [0.15, 0.2) is 45.3 Å². The molecule has 1 atom stereocenters. The van der Waals surface area contributed by atoms with Crippen LogP contribution in [-0.4, -0.2) is 30.1 Å². The highest BCUT2D eigenvalue weighted by Crippen LogP contribution is 2.33. The first-order valence-corrected chi connectivity index (χ1v) is 13.6. The average molecular weight is 481 g/mol. The van der Waals surface area contributed by atoms with Crippen LogP contribution in [0.25, 0.3) is 0 Å². The highest BCUT2D eigenvalue weighted by molar-refractivity contribution is 6.03. The number of hydrogen-bond donors (Lipinski definition) is 1. The van der Waals surface area contributed by atoms with Gasteiger partial charge in [-0.2, -0.15) is 0 Å². The summed E-state index contributed by atoms with van der Waals surface area (Å²) in [6.45, 7) is 3.91. The van der Waals surface area contributed by atoms with E-state index in [1.54, 1.807) is 0 Å². The second-order valence-corrected chi connectivity index (χ2v) is 10.5. The Balaban J connectivity index is 0.00000160. The number of aromatic nitrogens is 1. The van der Waals surface area contributed by atoms with E-state index in [-0.39, 0.29) is 10.3 Å². The molecular formula is C30H48N4O. The molecule has 3 aliphatic heterocycles. The molecule has 2 fully saturated rings. The van der Waals surface area contributed by atoms with E-state index in [1.165, 1.54) is 67.6 Å². The number of aliphatic imine (C=N–C) groups is 2. The summed E-state index contributed by atoms with van der Waals surface area (Å²) in [7, 11) is 0. The molecule has 1 saturated carbocycles. The number of rotatable bonds is 6. The van der Waals surface area contributed by atoms with Gasteiger partial charge in [0.15, 0.2) is 0 Å². The molecule has 1 unspecified atom stereocenters. The van der Waals surface area contributed by atoms with Crippen LogP contribution in [0.1, 0.15) is 98.7 Å². The second-order valence-electron chi connectivity index (χ2n) is 10.5. The van der Waals surface area contributed by atoms with Gasteiger partial charge in [-0.3, -0.25) is 9.98 Å². The van der Waals surface area contributed by atoms with Gasteiger partial charge < -0.3 is 10.1 Å². The molecule has 5 nitrogen and oxygen atoms in total. The third-order valence-electron chi connectivity index (χ3n) is 7.88. The Kier molecular flexibility index (Phi) is 9.31. The highest BCUT2D eigenvalue weighted by Gasteiger charge is 2.23. The van der Waals surface area contributed by atoms with Crippen LogP contribution in [0.4, 0.5) is 5.69 Å². The summed E-state index contributed by atoms with van der Waals surface area (Å²) in [6, 6.07) is 4.39. The van der Waals surface area contributed by atoms with E-state index in [1.807, 2.05) is 0 Å². The topological polar surface area (TPSA) is 58.9 Å². The van der Waals surface area contributed by atoms with Gasteiger partial charge in [0.1, 0.15) is 5.82 Å². The normalized spacial score (nSPS) is 23.4.